The summed E-state index contributed by atoms with van der Waals surface area (Å²) in [7, 11) is 0. The Balaban J connectivity index is 2.15. The molecule has 0 aromatic heterocycles. The van der Waals surface area contributed by atoms with Gasteiger partial charge in [0, 0.05) is 11.5 Å². The summed E-state index contributed by atoms with van der Waals surface area (Å²) in [6.07, 6.45) is 0.959. The summed E-state index contributed by atoms with van der Waals surface area (Å²) in [5.41, 5.74) is 2.29. The smallest absolute Gasteiger partial charge is 0.166 e. The summed E-state index contributed by atoms with van der Waals surface area (Å²) in [5, 5.41) is 3.35. The fourth-order valence-corrected chi connectivity index (χ4v) is 2.75. The van der Waals surface area contributed by atoms with Crippen molar-refractivity contribution >= 4 is 5.78 Å². The van der Waals surface area contributed by atoms with Crippen LogP contribution in [0.15, 0.2) is 24.3 Å². The summed E-state index contributed by atoms with van der Waals surface area (Å²) in [4.78, 5) is 12.5. The fourth-order valence-electron chi connectivity index (χ4n) is 2.75. The Morgan fingerprint density at radius 2 is 1.84 bits per heavy atom. The monoisotopic (exact) mass is 259 g/mol. The molecule has 0 radical (unpaired) electrons. The van der Waals surface area contributed by atoms with Crippen molar-refractivity contribution in [2.45, 2.75) is 39.5 Å². The number of hydrogen-bond donors (Lipinski definition) is 1. The molecule has 0 aliphatic carbocycles. The van der Waals surface area contributed by atoms with Crippen LogP contribution in [0.3, 0.4) is 0 Å². The van der Waals surface area contributed by atoms with Crippen molar-refractivity contribution in [2.75, 3.05) is 13.1 Å². The third-order valence-corrected chi connectivity index (χ3v) is 4.16. The maximum atomic E-state index is 12.5. The van der Waals surface area contributed by atoms with E-state index in [0.29, 0.717) is 11.7 Å². The SMILES string of the molecule is CC1CNCCC1C(=O)c1ccc(C(C)(C)C)cc1. The second-order valence-electron chi connectivity index (χ2n) is 6.77. The molecule has 1 aliphatic heterocycles. The van der Waals surface area contributed by atoms with Gasteiger partial charge in [0.25, 0.3) is 0 Å². The third kappa shape index (κ3) is 3.24. The molecule has 19 heavy (non-hydrogen) atoms. The number of rotatable bonds is 2. The van der Waals surface area contributed by atoms with Crippen LogP contribution in [0.25, 0.3) is 0 Å². The summed E-state index contributed by atoms with van der Waals surface area (Å²) in [5.74, 6) is 0.930. The molecule has 2 nitrogen and oxygen atoms in total. The Labute approximate surface area is 116 Å². The molecule has 104 valence electrons. The number of benzene rings is 1. The number of Topliss-reactive ketones (excluding diaryl/α,β-unsaturated/α-hetero) is 1. The molecule has 0 saturated carbocycles. The van der Waals surface area contributed by atoms with Crippen LogP contribution in [-0.2, 0) is 5.41 Å². The van der Waals surface area contributed by atoms with Gasteiger partial charge >= 0.3 is 0 Å². The van der Waals surface area contributed by atoms with Gasteiger partial charge in [-0.25, -0.2) is 0 Å². The zero-order chi connectivity index (χ0) is 14.0. The van der Waals surface area contributed by atoms with E-state index in [1.54, 1.807) is 0 Å². The molecular formula is C17H25NO. The number of carbonyl (C=O) groups is 1. The molecule has 2 unspecified atom stereocenters. The van der Waals surface area contributed by atoms with Crippen LogP contribution in [0.1, 0.15) is 50.0 Å². The number of carbonyl (C=O) groups excluding carboxylic acids is 1. The maximum Gasteiger partial charge on any atom is 0.166 e. The van der Waals surface area contributed by atoms with E-state index in [4.69, 9.17) is 0 Å². The summed E-state index contributed by atoms with van der Waals surface area (Å²) in [6.45, 7) is 10.7. The average molecular weight is 259 g/mol. The normalized spacial score (nSPS) is 24.2. The highest BCUT2D eigenvalue weighted by atomic mass is 16.1. The first-order valence-electron chi connectivity index (χ1n) is 7.25. The molecule has 1 aliphatic rings. The molecule has 1 aromatic rings. The largest absolute Gasteiger partial charge is 0.316 e. The molecule has 2 heteroatoms. The van der Waals surface area contributed by atoms with E-state index in [-0.39, 0.29) is 11.3 Å². The molecule has 0 bridgehead atoms. The molecule has 1 fully saturated rings. The minimum Gasteiger partial charge on any atom is -0.316 e. The van der Waals surface area contributed by atoms with Crippen molar-refractivity contribution in [3.05, 3.63) is 35.4 Å². The lowest BCUT2D eigenvalue weighted by Gasteiger charge is -2.28. The van der Waals surface area contributed by atoms with Crippen LogP contribution in [-0.4, -0.2) is 18.9 Å². The van der Waals surface area contributed by atoms with Crippen molar-refractivity contribution in [3.63, 3.8) is 0 Å². The lowest BCUT2D eigenvalue weighted by molar-refractivity contribution is 0.0848. The second kappa shape index (κ2) is 5.46. The number of piperidine rings is 1. The molecule has 2 rings (SSSR count). The van der Waals surface area contributed by atoms with Gasteiger partial charge in [0.1, 0.15) is 0 Å². The van der Waals surface area contributed by atoms with Crippen LogP contribution < -0.4 is 5.32 Å². The highest BCUT2D eigenvalue weighted by molar-refractivity contribution is 5.98. The first kappa shape index (κ1) is 14.3. The van der Waals surface area contributed by atoms with E-state index >= 15 is 0 Å². The number of ketones is 1. The molecule has 1 heterocycles. The van der Waals surface area contributed by atoms with Crippen molar-refractivity contribution in [2.24, 2.45) is 11.8 Å². The first-order chi connectivity index (χ1) is 8.89. The number of hydrogen-bond acceptors (Lipinski definition) is 2. The highest BCUT2D eigenvalue weighted by Crippen LogP contribution is 2.26. The Bertz CT molecular complexity index is 441. The maximum absolute atomic E-state index is 12.5. The van der Waals surface area contributed by atoms with E-state index in [2.05, 4.69) is 45.1 Å². The Hall–Kier alpha value is -1.15. The van der Waals surface area contributed by atoms with Crippen molar-refractivity contribution in [1.29, 1.82) is 0 Å². The van der Waals surface area contributed by atoms with Crippen molar-refractivity contribution in [1.82, 2.24) is 5.32 Å². The Kier molecular flexibility index (Phi) is 4.10. The van der Waals surface area contributed by atoms with Gasteiger partial charge in [-0.1, -0.05) is 52.0 Å². The fraction of sp³-hybridized carbons (Fsp3) is 0.588. The van der Waals surface area contributed by atoms with Crippen molar-refractivity contribution in [3.8, 4) is 0 Å². The summed E-state index contributed by atoms with van der Waals surface area (Å²) < 4.78 is 0. The molecule has 1 aromatic carbocycles. The molecule has 0 amide bonds. The van der Waals surface area contributed by atoms with E-state index in [1.807, 2.05) is 12.1 Å². The minimum atomic E-state index is 0.142. The second-order valence-corrected chi connectivity index (χ2v) is 6.77. The Morgan fingerprint density at radius 1 is 1.21 bits per heavy atom. The van der Waals surface area contributed by atoms with Gasteiger partial charge in [-0.15, -0.1) is 0 Å². The van der Waals surface area contributed by atoms with E-state index in [9.17, 15) is 4.79 Å². The van der Waals surface area contributed by atoms with Gasteiger partial charge in [-0.05, 0) is 36.4 Å². The minimum absolute atomic E-state index is 0.142. The van der Waals surface area contributed by atoms with Gasteiger partial charge in [-0.2, -0.15) is 0 Å². The average Bonchev–Trinajstić information content (AvgIpc) is 2.38. The van der Waals surface area contributed by atoms with Crippen LogP contribution in [0, 0.1) is 11.8 Å². The molecule has 0 spiro atoms. The van der Waals surface area contributed by atoms with Gasteiger partial charge in [0.05, 0.1) is 0 Å². The summed E-state index contributed by atoms with van der Waals surface area (Å²) in [6, 6.07) is 8.19. The molecular weight excluding hydrogens is 234 g/mol. The topological polar surface area (TPSA) is 29.1 Å². The zero-order valence-corrected chi connectivity index (χ0v) is 12.5. The predicted octanol–water partition coefficient (Wildman–Crippen LogP) is 3.41. The lowest BCUT2D eigenvalue weighted by atomic mass is 9.81. The standard InChI is InChI=1S/C17H25NO/c1-12-11-18-10-9-15(12)16(19)13-5-7-14(8-6-13)17(2,3)4/h5-8,12,15,18H,9-11H2,1-4H3. The van der Waals surface area contributed by atoms with Crippen LogP contribution >= 0.6 is 0 Å². The van der Waals surface area contributed by atoms with Gasteiger partial charge < -0.3 is 5.32 Å². The van der Waals surface area contributed by atoms with Crippen LogP contribution in [0.2, 0.25) is 0 Å². The quantitative estimate of drug-likeness (QED) is 0.825. The van der Waals surface area contributed by atoms with Gasteiger partial charge in [0.2, 0.25) is 0 Å². The van der Waals surface area contributed by atoms with Gasteiger partial charge in [-0.3, -0.25) is 4.79 Å². The summed E-state index contributed by atoms with van der Waals surface area (Å²) >= 11 is 0. The Morgan fingerprint density at radius 3 is 2.37 bits per heavy atom. The third-order valence-electron chi connectivity index (χ3n) is 4.16. The first-order valence-corrected chi connectivity index (χ1v) is 7.25. The predicted molar refractivity (Wildman–Crippen MR) is 79.6 cm³/mol. The van der Waals surface area contributed by atoms with E-state index in [0.717, 1.165) is 25.1 Å². The zero-order valence-electron chi connectivity index (χ0n) is 12.5. The lowest BCUT2D eigenvalue weighted by Crippen LogP contribution is -2.38. The van der Waals surface area contributed by atoms with Crippen molar-refractivity contribution < 1.29 is 4.79 Å². The molecule has 1 N–H and O–H groups in total. The van der Waals surface area contributed by atoms with Crippen LogP contribution in [0.5, 0.6) is 0 Å². The highest BCUT2D eigenvalue weighted by Gasteiger charge is 2.28. The number of nitrogens with one attached hydrogen (secondary N) is 1. The molecule has 2 atom stereocenters. The van der Waals surface area contributed by atoms with E-state index < -0.39 is 0 Å². The molecule has 1 saturated heterocycles. The van der Waals surface area contributed by atoms with Gasteiger partial charge in [0.15, 0.2) is 5.78 Å². The van der Waals surface area contributed by atoms with E-state index in [1.165, 1.54) is 5.56 Å². The van der Waals surface area contributed by atoms with Crippen LogP contribution in [0.4, 0.5) is 0 Å².